The van der Waals surface area contributed by atoms with Crippen molar-refractivity contribution in [2.24, 2.45) is 0 Å². The van der Waals surface area contributed by atoms with Gasteiger partial charge in [-0.1, -0.05) is 47.8 Å². The van der Waals surface area contributed by atoms with Crippen LogP contribution in [0.4, 0.5) is 5.82 Å². The van der Waals surface area contributed by atoms with Crippen molar-refractivity contribution in [2.75, 3.05) is 11.9 Å². The lowest BCUT2D eigenvalue weighted by molar-refractivity contribution is 0.723. The second kappa shape index (κ2) is 7.92. The van der Waals surface area contributed by atoms with Crippen molar-refractivity contribution in [3.63, 3.8) is 0 Å². The summed E-state index contributed by atoms with van der Waals surface area (Å²) in [7, 11) is 0. The first-order valence-corrected chi connectivity index (χ1v) is 7.99. The summed E-state index contributed by atoms with van der Waals surface area (Å²) >= 11 is 23.6. The molecular weight excluding hydrogens is 363 g/mol. The molecule has 0 aliphatic carbocycles. The standard InChI is InChI=1S/C14H13Cl3N4S/c1-8(12-9(15)3-2-4-10(12)16)7-18-14(22)20-13-11(17)5-6-19-21-13/h2-6,8H,7H2,1H3,(H2,18,20,21,22). The van der Waals surface area contributed by atoms with Crippen molar-refractivity contribution < 1.29 is 0 Å². The van der Waals surface area contributed by atoms with E-state index in [0.29, 0.717) is 32.5 Å². The van der Waals surface area contributed by atoms with Crippen LogP contribution in [0.25, 0.3) is 0 Å². The number of anilines is 1. The van der Waals surface area contributed by atoms with Gasteiger partial charge in [-0.2, -0.15) is 5.10 Å². The fraction of sp³-hybridized carbons (Fsp3) is 0.214. The maximum atomic E-state index is 6.19. The third-order valence-corrected chi connectivity index (χ3v) is 4.18. The lowest BCUT2D eigenvalue weighted by Gasteiger charge is -2.17. The Hall–Kier alpha value is -1.14. The van der Waals surface area contributed by atoms with Crippen molar-refractivity contribution in [2.45, 2.75) is 12.8 Å². The van der Waals surface area contributed by atoms with Crippen LogP contribution in [0.2, 0.25) is 15.1 Å². The Bertz CT molecular complexity index is 661. The Labute approximate surface area is 149 Å². The van der Waals surface area contributed by atoms with Gasteiger partial charge in [0.1, 0.15) is 0 Å². The van der Waals surface area contributed by atoms with Crippen LogP contribution in [0.5, 0.6) is 0 Å². The molecule has 1 aromatic heterocycles. The second-order valence-corrected chi connectivity index (χ2v) is 6.23. The molecule has 2 aromatic rings. The molecule has 0 amide bonds. The Kier molecular flexibility index (Phi) is 6.20. The average Bonchev–Trinajstić information content (AvgIpc) is 2.47. The smallest absolute Gasteiger partial charge is 0.173 e. The number of aromatic nitrogens is 2. The van der Waals surface area contributed by atoms with Crippen LogP contribution < -0.4 is 10.6 Å². The highest BCUT2D eigenvalue weighted by molar-refractivity contribution is 7.80. The molecule has 8 heteroatoms. The van der Waals surface area contributed by atoms with E-state index in [1.54, 1.807) is 6.07 Å². The fourth-order valence-corrected chi connectivity index (χ4v) is 2.97. The number of nitrogens with zero attached hydrogens (tertiary/aromatic N) is 2. The number of hydrogen-bond acceptors (Lipinski definition) is 3. The molecule has 0 fully saturated rings. The first kappa shape index (κ1) is 17.2. The minimum absolute atomic E-state index is 0.0817. The van der Waals surface area contributed by atoms with Crippen LogP contribution in [-0.4, -0.2) is 21.9 Å². The number of nitrogens with one attached hydrogen (secondary N) is 2. The molecule has 1 aromatic carbocycles. The van der Waals surface area contributed by atoms with Gasteiger partial charge in [-0.05, 0) is 36.0 Å². The average molecular weight is 376 g/mol. The molecule has 0 aliphatic rings. The van der Waals surface area contributed by atoms with E-state index in [1.165, 1.54) is 6.20 Å². The minimum atomic E-state index is 0.0817. The summed E-state index contributed by atoms with van der Waals surface area (Å²) in [6.45, 7) is 2.57. The number of thiocarbonyl (C=S) groups is 1. The fourth-order valence-electron chi connectivity index (χ4n) is 1.88. The Morgan fingerprint density at radius 2 is 1.86 bits per heavy atom. The number of rotatable bonds is 4. The molecule has 0 saturated heterocycles. The molecule has 0 spiro atoms. The molecule has 0 aliphatic heterocycles. The molecule has 2 rings (SSSR count). The summed E-state index contributed by atoms with van der Waals surface area (Å²) in [4.78, 5) is 0. The summed E-state index contributed by atoms with van der Waals surface area (Å²) in [5, 5.41) is 15.7. The highest BCUT2D eigenvalue weighted by Crippen LogP contribution is 2.30. The van der Waals surface area contributed by atoms with Crippen LogP contribution >= 0.6 is 47.0 Å². The third-order valence-electron chi connectivity index (χ3n) is 2.96. The van der Waals surface area contributed by atoms with Crippen LogP contribution in [-0.2, 0) is 0 Å². The zero-order valence-electron chi connectivity index (χ0n) is 11.6. The Morgan fingerprint density at radius 1 is 1.18 bits per heavy atom. The number of hydrogen-bond donors (Lipinski definition) is 2. The van der Waals surface area contributed by atoms with Gasteiger partial charge < -0.3 is 10.6 Å². The highest BCUT2D eigenvalue weighted by atomic mass is 35.5. The van der Waals surface area contributed by atoms with Crippen molar-refractivity contribution >= 4 is 58.0 Å². The predicted molar refractivity (Wildman–Crippen MR) is 96.1 cm³/mol. The summed E-state index contributed by atoms with van der Waals surface area (Å²) in [6.07, 6.45) is 1.51. The summed E-state index contributed by atoms with van der Waals surface area (Å²) in [5.41, 5.74) is 0.888. The molecule has 1 unspecified atom stereocenters. The molecule has 4 nitrogen and oxygen atoms in total. The van der Waals surface area contributed by atoms with Gasteiger partial charge >= 0.3 is 0 Å². The topological polar surface area (TPSA) is 49.8 Å². The van der Waals surface area contributed by atoms with Crippen LogP contribution in [0, 0.1) is 0 Å². The number of benzene rings is 1. The normalized spacial score (nSPS) is 11.8. The van der Waals surface area contributed by atoms with Crippen molar-refractivity contribution in [3.8, 4) is 0 Å². The molecule has 22 heavy (non-hydrogen) atoms. The second-order valence-electron chi connectivity index (χ2n) is 4.60. The molecule has 0 bridgehead atoms. The summed E-state index contributed by atoms with van der Waals surface area (Å²) < 4.78 is 0. The van der Waals surface area contributed by atoms with E-state index in [1.807, 2.05) is 25.1 Å². The minimum Gasteiger partial charge on any atom is -0.362 e. The quantitative estimate of drug-likeness (QED) is 0.769. The molecule has 2 N–H and O–H groups in total. The maximum absolute atomic E-state index is 6.19. The lowest BCUT2D eigenvalue weighted by Crippen LogP contribution is -2.32. The van der Waals surface area contributed by atoms with Gasteiger partial charge in [-0.25, -0.2) is 0 Å². The van der Waals surface area contributed by atoms with Gasteiger partial charge in [0.2, 0.25) is 0 Å². The lowest BCUT2D eigenvalue weighted by atomic mass is 10.0. The summed E-state index contributed by atoms with van der Waals surface area (Å²) in [6, 6.07) is 7.08. The zero-order valence-corrected chi connectivity index (χ0v) is 14.7. The molecule has 0 saturated carbocycles. The monoisotopic (exact) mass is 374 g/mol. The zero-order chi connectivity index (χ0) is 16.1. The van der Waals surface area contributed by atoms with Crippen molar-refractivity contribution in [1.82, 2.24) is 15.5 Å². The Balaban J connectivity index is 1.95. The molecule has 1 heterocycles. The van der Waals surface area contributed by atoms with E-state index in [0.717, 1.165) is 5.56 Å². The van der Waals surface area contributed by atoms with E-state index < -0.39 is 0 Å². The maximum Gasteiger partial charge on any atom is 0.173 e. The summed E-state index contributed by atoms with van der Waals surface area (Å²) in [5.74, 6) is 0.489. The molecule has 0 radical (unpaired) electrons. The molecule has 1 atom stereocenters. The van der Waals surface area contributed by atoms with E-state index in [-0.39, 0.29) is 5.92 Å². The predicted octanol–water partition coefficient (Wildman–Crippen LogP) is 4.53. The molecular formula is C14H13Cl3N4S. The van der Waals surface area contributed by atoms with Gasteiger partial charge in [0, 0.05) is 22.5 Å². The van der Waals surface area contributed by atoms with E-state index in [4.69, 9.17) is 47.0 Å². The van der Waals surface area contributed by atoms with E-state index >= 15 is 0 Å². The first-order chi connectivity index (χ1) is 10.5. The van der Waals surface area contributed by atoms with Gasteiger partial charge in [0.15, 0.2) is 10.9 Å². The van der Waals surface area contributed by atoms with Gasteiger partial charge in [-0.3, -0.25) is 0 Å². The van der Waals surface area contributed by atoms with Gasteiger partial charge in [0.25, 0.3) is 0 Å². The van der Waals surface area contributed by atoms with E-state index in [2.05, 4.69) is 20.8 Å². The highest BCUT2D eigenvalue weighted by Gasteiger charge is 2.14. The van der Waals surface area contributed by atoms with Gasteiger partial charge in [-0.15, -0.1) is 5.10 Å². The number of halogens is 3. The van der Waals surface area contributed by atoms with Crippen LogP contribution in [0.15, 0.2) is 30.5 Å². The van der Waals surface area contributed by atoms with Crippen molar-refractivity contribution in [3.05, 3.63) is 51.1 Å². The molecule has 116 valence electrons. The van der Waals surface area contributed by atoms with Gasteiger partial charge in [0.05, 0.1) is 11.2 Å². The van der Waals surface area contributed by atoms with Crippen LogP contribution in [0.3, 0.4) is 0 Å². The van der Waals surface area contributed by atoms with Crippen LogP contribution in [0.1, 0.15) is 18.4 Å². The third kappa shape index (κ3) is 4.43. The first-order valence-electron chi connectivity index (χ1n) is 6.45. The Morgan fingerprint density at radius 3 is 2.50 bits per heavy atom. The van der Waals surface area contributed by atoms with E-state index in [9.17, 15) is 0 Å². The van der Waals surface area contributed by atoms with Crippen molar-refractivity contribution in [1.29, 1.82) is 0 Å². The SMILES string of the molecule is CC(CNC(=S)Nc1nnccc1Cl)c1c(Cl)cccc1Cl. The largest absolute Gasteiger partial charge is 0.362 e.